The predicted octanol–water partition coefficient (Wildman–Crippen LogP) is 4.32. The van der Waals surface area contributed by atoms with Crippen molar-refractivity contribution in [3.8, 4) is 0 Å². The van der Waals surface area contributed by atoms with Crippen LogP contribution in [0.4, 0.5) is 21.8 Å². The van der Waals surface area contributed by atoms with Crippen molar-refractivity contribution < 1.29 is 4.39 Å². The molecule has 3 rings (SSSR count). The van der Waals surface area contributed by atoms with Gasteiger partial charge in [0.1, 0.15) is 11.6 Å². The van der Waals surface area contributed by atoms with E-state index in [1.807, 2.05) is 24.3 Å². The second kappa shape index (κ2) is 5.65. The molecule has 0 aliphatic heterocycles. The molecule has 0 aliphatic rings. The lowest BCUT2D eigenvalue weighted by molar-refractivity contribution is 0.621. The van der Waals surface area contributed by atoms with E-state index in [1.54, 1.807) is 19.2 Å². The fourth-order valence-electron chi connectivity index (χ4n) is 1.99. The van der Waals surface area contributed by atoms with E-state index < -0.39 is 0 Å². The monoisotopic (exact) mass is 346 g/mol. The normalized spacial score (nSPS) is 10.6. The quantitative estimate of drug-likeness (QED) is 0.741. The molecular weight excluding hydrogens is 335 g/mol. The zero-order valence-corrected chi connectivity index (χ0v) is 12.8. The van der Waals surface area contributed by atoms with E-state index in [9.17, 15) is 4.39 Å². The van der Waals surface area contributed by atoms with Gasteiger partial charge in [-0.15, -0.1) is 0 Å². The molecule has 0 spiro atoms. The SMILES string of the molecule is CNc1nc(Nc2ccc(F)c(Br)c2)c2ccccc2n1. The number of aromatic nitrogens is 2. The number of anilines is 3. The zero-order chi connectivity index (χ0) is 14.8. The van der Waals surface area contributed by atoms with Crippen LogP contribution in [0.3, 0.4) is 0 Å². The van der Waals surface area contributed by atoms with Crippen LogP contribution >= 0.6 is 15.9 Å². The van der Waals surface area contributed by atoms with Gasteiger partial charge in [-0.1, -0.05) is 12.1 Å². The summed E-state index contributed by atoms with van der Waals surface area (Å²) in [6, 6.07) is 12.4. The minimum absolute atomic E-state index is 0.302. The van der Waals surface area contributed by atoms with Crippen molar-refractivity contribution >= 4 is 44.3 Å². The van der Waals surface area contributed by atoms with E-state index in [0.29, 0.717) is 16.2 Å². The lowest BCUT2D eigenvalue weighted by Gasteiger charge is -2.11. The Morgan fingerprint density at radius 3 is 2.67 bits per heavy atom. The lowest BCUT2D eigenvalue weighted by Crippen LogP contribution is -2.02. The maximum Gasteiger partial charge on any atom is 0.224 e. The second-order valence-corrected chi connectivity index (χ2v) is 5.27. The Morgan fingerprint density at radius 1 is 1.10 bits per heavy atom. The summed E-state index contributed by atoms with van der Waals surface area (Å²) < 4.78 is 13.7. The van der Waals surface area contributed by atoms with Gasteiger partial charge >= 0.3 is 0 Å². The topological polar surface area (TPSA) is 49.8 Å². The average Bonchev–Trinajstić information content (AvgIpc) is 2.51. The molecule has 2 aromatic carbocycles. The molecule has 0 aliphatic carbocycles. The first-order valence-electron chi connectivity index (χ1n) is 6.34. The fraction of sp³-hybridized carbons (Fsp3) is 0.0667. The van der Waals surface area contributed by atoms with Crippen LogP contribution in [0, 0.1) is 5.82 Å². The van der Waals surface area contributed by atoms with Crippen molar-refractivity contribution in [2.75, 3.05) is 17.7 Å². The third-order valence-electron chi connectivity index (χ3n) is 3.01. The third-order valence-corrected chi connectivity index (χ3v) is 3.62. The van der Waals surface area contributed by atoms with Crippen LogP contribution < -0.4 is 10.6 Å². The smallest absolute Gasteiger partial charge is 0.224 e. The molecule has 21 heavy (non-hydrogen) atoms. The Labute approximate surface area is 129 Å². The van der Waals surface area contributed by atoms with Crippen molar-refractivity contribution in [1.82, 2.24) is 9.97 Å². The second-order valence-electron chi connectivity index (χ2n) is 4.42. The molecule has 0 saturated carbocycles. The predicted molar refractivity (Wildman–Crippen MR) is 86.5 cm³/mol. The highest BCUT2D eigenvalue weighted by Gasteiger charge is 2.08. The Bertz CT molecular complexity index is 807. The minimum atomic E-state index is -0.302. The summed E-state index contributed by atoms with van der Waals surface area (Å²) in [6.45, 7) is 0. The Balaban J connectivity index is 2.08. The van der Waals surface area contributed by atoms with E-state index in [-0.39, 0.29) is 5.82 Å². The molecule has 2 N–H and O–H groups in total. The summed E-state index contributed by atoms with van der Waals surface area (Å²) in [4.78, 5) is 8.82. The molecule has 0 unspecified atom stereocenters. The number of hydrogen-bond donors (Lipinski definition) is 2. The molecule has 6 heteroatoms. The van der Waals surface area contributed by atoms with Gasteiger partial charge in [-0.05, 0) is 46.3 Å². The van der Waals surface area contributed by atoms with Gasteiger partial charge in [-0.2, -0.15) is 4.98 Å². The van der Waals surface area contributed by atoms with Gasteiger partial charge < -0.3 is 10.6 Å². The van der Waals surface area contributed by atoms with Gasteiger partial charge in [0.05, 0.1) is 9.99 Å². The summed E-state index contributed by atoms with van der Waals surface area (Å²) >= 11 is 3.18. The lowest BCUT2D eigenvalue weighted by atomic mass is 10.2. The maximum atomic E-state index is 13.3. The van der Waals surface area contributed by atoms with Crippen LogP contribution in [-0.2, 0) is 0 Å². The number of hydrogen-bond acceptors (Lipinski definition) is 4. The summed E-state index contributed by atoms with van der Waals surface area (Å²) in [7, 11) is 1.77. The van der Waals surface area contributed by atoms with Crippen LogP contribution in [0.5, 0.6) is 0 Å². The van der Waals surface area contributed by atoms with Gasteiger partial charge in [-0.3, -0.25) is 0 Å². The van der Waals surface area contributed by atoms with Crippen molar-refractivity contribution in [2.24, 2.45) is 0 Å². The Hall–Kier alpha value is -2.21. The molecule has 0 fully saturated rings. The van der Waals surface area contributed by atoms with Crippen molar-refractivity contribution in [3.63, 3.8) is 0 Å². The van der Waals surface area contributed by atoms with Gasteiger partial charge in [0, 0.05) is 18.1 Å². The molecular formula is C15H12BrFN4. The molecule has 0 bridgehead atoms. The molecule has 1 aromatic heterocycles. The minimum Gasteiger partial charge on any atom is -0.357 e. The van der Waals surface area contributed by atoms with Crippen LogP contribution in [0.2, 0.25) is 0 Å². The maximum absolute atomic E-state index is 13.3. The molecule has 4 nitrogen and oxygen atoms in total. The van der Waals surface area contributed by atoms with E-state index in [1.165, 1.54) is 6.07 Å². The summed E-state index contributed by atoms with van der Waals surface area (Å²) in [6.07, 6.45) is 0. The van der Waals surface area contributed by atoms with Crippen molar-refractivity contribution in [3.05, 3.63) is 52.8 Å². The highest BCUT2D eigenvalue weighted by Crippen LogP contribution is 2.27. The van der Waals surface area contributed by atoms with E-state index >= 15 is 0 Å². The van der Waals surface area contributed by atoms with Gasteiger partial charge in [-0.25, -0.2) is 9.37 Å². The number of halogens is 2. The highest BCUT2D eigenvalue weighted by molar-refractivity contribution is 9.10. The summed E-state index contributed by atoms with van der Waals surface area (Å²) in [5, 5.41) is 7.04. The molecule has 0 amide bonds. The van der Waals surface area contributed by atoms with Gasteiger partial charge in [0.25, 0.3) is 0 Å². The molecule has 0 atom stereocenters. The number of rotatable bonds is 3. The first kappa shape index (κ1) is 13.8. The third kappa shape index (κ3) is 2.80. The van der Waals surface area contributed by atoms with Crippen LogP contribution in [0.25, 0.3) is 10.9 Å². The molecule has 1 heterocycles. The van der Waals surface area contributed by atoms with Crippen LogP contribution in [-0.4, -0.2) is 17.0 Å². The number of benzene rings is 2. The zero-order valence-electron chi connectivity index (χ0n) is 11.2. The Morgan fingerprint density at radius 2 is 1.90 bits per heavy atom. The van der Waals surface area contributed by atoms with Crippen molar-refractivity contribution in [1.29, 1.82) is 0 Å². The number of para-hydroxylation sites is 1. The largest absolute Gasteiger partial charge is 0.357 e. The Kier molecular flexibility index (Phi) is 3.70. The summed E-state index contributed by atoms with van der Waals surface area (Å²) in [5.41, 5.74) is 1.58. The number of nitrogens with one attached hydrogen (secondary N) is 2. The van der Waals surface area contributed by atoms with Crippen LogP contribution in [0.15, 0.2) is 46.9 Å². The molecule has 0 saturated heterocycles. The summed E-state index contributed by atoms with van der Waals surface area (Å²) in [5.74, 6) is 0.893. The van der Waals surface area contributed by atoms with Gasteiger partial charge in [0.2, 0.25) is 5.95 Å². The number of nitrogens with zero attached hydrogens (tertiary/aromatic N) is 2. The molecule has 106 valence electrons. The van der Waals surface area contributed by atoms with E-state index in [0.717, 1.165) is 16.6 Å². The fourth-order valence-corrected chi connectivity index (χ4v) is 2.37. The van der Waals surface area contributed by atoms with Crippen molar-refractivity contribution in [2.45, 2.75) is 0 Å². The standard InChI is InChI=1S/C15H12BrFN4/c1-18-15-20-13-5-3-2-4-10(13)14(21-15)19-9-6-7-12(17)11(16)8-9/h2-8H,1H3,(H2,18,19,20,21). The molecule has 3 aromatic rings. The highest BCUT2D eigenvalue weighted by atomic mass is 79.9. The van der Waals surface area contributed by atoms with E-state index in [4.69, 9.17) is 0 Å². The number of fused-ring (bicyclic) bond motifs is 1. The molecule has 0 radical (unpaired) electrons. The average molecular weight is 347 g/mol. The van der Waals surface area contributed by atoms with E-state index in [2.05, 4.69) is 36.5 Å². The first-order valence-corrected chi connectivity index (χ1v) is 7.13. The first-order chi connectivity index (χ1) is 10.2. The van der Waals surface area contributed by atoms with Gasteiger partial charge in [0.15, 0.2) is 0 Å². The van der Waals surface area contributed by atoms with Crippen LogP contribution in [0.1, 0.15) is 0 Å².